The van der Waals surface area contributed by atoms with E-state index in [0.29, 0.717) is 6.54 Å². The average Bonchev–Trinajstić information content (AvgIpc) is 2.34. The Bertz CT molecular complexity index is 375. The average molecular weight is 247 g/mol. The highest BCUT2D eigenvalue weighted by atomic mass is 16.3. The topological polar surface area (TPSA) is 32.3 Å². The minimum Gasteiger partial charge on any atom is -0.387 e. The summed E-state index contributed by atoms with van der Waals surface area (Å²) in [6, 6.07) is 8.23. The molecule has 0 aliphatic carbocycles. The lowest BCUT2D eigenvalue weighted by atomic mass is 9.86. The lowest BCUT2D eigenvalue weighted by Gasteiger charge is -2.22. The summed E-state index contributed by atoms with van der Waals surface area (Å²) < 4.78 is 0. The van der Waals surface area contributed by atoms with Gasteiger partial charge in [0, 0.05) is 12.6 Å². The third kappa shape index (κ3) is 3.97. The third-order valence-corrected chi connectivity index (χ3v) is 3.18. The van der Waals surface area contributed by atoms with Gasteiger partial charge < -0.3 is 10.4 Å². The molecule has 0 aromatic heterocycles. The van der Waals surface area contributed by atoms with Gasteiger partial charge in [0.15, 0.2) is 0 Å². The van der Waals surface area contributed by atoms with Crippen molar-refractivity contribution in [1.29, 1.82) is 0 Å². The van der Waals surface area contributed by atoms with Gasteiger partial charge in [-0.1, -0.05) is 51.1 Å². The van der Waals surface area contributed by atoms with Crippen LogP contribution in [0, 0.1) is 0 Å². The van der Waals surface area contributed by atoms with Crippen molar-refractivity contribution in [2.75, 3.05) is 6.54 Å². The highest BCUT2D eigenvalue weighted by molar-refractivity contribution is 5.29. The molecule has 1 aromatic rings. The monoisotopic (exact) mass is 247 g/mol. The fourth-order valence-electron chi connectivity index (χ4n) is 1.85. The van der Waals surface area contributed by atoms with Crippen molar-refractivity contribution < 1.29 is 5.11 Å². The van der Waals surface area contributed by atoms with Crippen LogP contribution in [0.25, 0.3) is 0 Å². The number of nitrogens with one attached hydrogen (secondary N) is 1. The van der Waals surface area contributed by atoms with Crippen LogP contribution in [-0.2, 0) is 5.41 Å². The van der Waals surface area contributed by atoms with Gasteiger partial charge in [0.25, 0.3) is 0 Å². The molecule has 0 aliphatic heterocycles. The molecule has 1 aromatic carbocycles. The van der Waals surface area contributed by atoms with Crippen molar-refractivity contribution in [3.05, 3.63) is 48.0 Å². The first-order chi connectivity index (χ1) is 8.36. The summed E-state index contributed by atoms with van der Waals surface area (Å²) >= 11 is 0. The molecule has 2 N–H and O–H groups in total. The second-order valence-corrected chi connectivity index (χ2v) is 5.80. The Labute approximate surface area is 111 Å². The maximum atomic E-state index is 10.2. The first-order valence-corrected chi connectivity index (χ1v) is 6.49. The van der Waals surface area contributed by atoms with E-state index in [4.69, 9.17) is 0 Å². The first kappa shape index (κ1) is 14.9. The van der Waals surface area contributed by atoms with Crippen LogP contribution in [0.2, 0.25) is 0 Å². The van der Waals surface area contributed by atoms with Crippen molar-refractivity contribution in [2.45, 2.75) is 45.3 Å². The summed E-state index contributed by atoms with van der Waals surface area (Å²) in [5.74, 6) is 0. The molecule has 0 saturated heterocycles. The number of aliphatic hydroxyl groups excluding tert-OH is 1. The summed E-state index contributed by atoms with van der Waals surface area (Å²) in [6.45, 7) is 12.9. The molecular weight excluding hydrogens is 222 g/mol. The minimum absolute atomic E-state index is 0.0171. The molecule has 0 heterocycles. The van der Waals surface area contributed by atoms with E-state index in [1.807, 2.05) is 19.1 Å². The van der Waals surface area contributed by atoms with Gasteiger partial charge in [-0.2, -0.15) is 0 Å². The smallest absolute Gasteiger partial charge is 0.0940 e. The predicted octanol–water partition coefficient (Wildman–Crippen LogP) is 3.18. The Kier molecular flexibility index (Phi) is 5.12. The van der Waals surface area contributed by atoms with E-state index in [-0.39, 0.29) is 11.5 Å². The standard InChI is InChI=1S/C16H25NO/c1-6-11-17-12(2)15(18)13-7-9-14(10-8-13)16(3,4)5/h6-10,12,15,17-18H,1,11H2,2-5H3. The molecule has 0 radical (unpaired) electrons. The maximum Gasteiger partial charge on any atom is 0.0940 e. The van der Waals surface area contributed by atoms with Crippen LogP contribution >= 0.6 is 0 Å². The molecular formula is C16H25NO. The van der Waals surface area contributed by atoms with Gasteiger partial charge >= 0.3 is 0 Å². The Balaban J connectivity index is 2.75. The summed E-state index contributed by atoms with van der Waals surface area (Å²) in [6.07, 6.45) is 1.31. The zero-order chi connectivity index (χ0) is 13.8. The normalized spacial score (nSPS) is 15.2. The number of aliphatic hydroxyl groups is 1. The number of rotatable bonds is 5. The number of benzene rings is 1. The van der Waals surface area contributed by atoms with Crippen molar-refractivity contribution in [1.82, 2.24) is 5.32 Å². The number of hydrogen-bond donors (Lipinski definition) is 2. The SMILES string of the molecule is C=CCNC(C)C(O)c1ccc(C(C)(C)C)cc1. The van der Waals surface area contributed by atoms with Gasteiger partial charge in [-0.05, 0) is 23.5 Å². The van der Waals surface area contributed by atoms with Crippen LogP contribution in [0.5, 0.6) is 0 Å². The van der Waals surface area contributed by atoms with Crippen LogP contribution in [0.3, 0.4) is 0 Å². The fraction of sp³-hybridized carbons (Fsp3) is 0.500. The lowest BCUT2D eigenvalue weighted by Crippen LogP contribution is -2.32. The molecule has 0 aliphatic rings. The molecule has 0 amide bonds. The Morgan fingerprint density at radius 2 is 1.83 bits per heavy atom. The first-order valence-electron chi connectivity index (χ1n) is 6.49. The Hall–Kier alpha value is -1.12. The minimum atomic E-state index is -0.487. The van der Waals surface area contributed by atoms with Gasteiger partial charge in [0.2, 0.25) is 0 Å². The molecule has 100 valence electrons. The van der Waals surface area contributed by atoms with Crippen LogP contribution in [0.15, 0.2) is 36.9 Å². The van der Waals surface area contributed by atoms with E-state index in [1.54, 1.807) is 6.08 Å². The molecule has 0 fully saturated rings. The fourth-order valence-corrected chi connectivity index (χ4v) is 1.85. The predicted molar refractivity (Wildman–Crippen MR) is 77.8 cm³/mol. The molecule has 0 saturated carbocycles. The second-order valence-electron chi connectivity index (χ2n) is 5.80. The quantitative estimate of drug-likeness (QED) is 0.783. The van der Waals surface area contributed by atoms with E-state index in [0.717, 1.165) is 5.56 Å². The van der Waals surface area contributed by atoms with E-state index >= 15 is 0 Å². The van der Waals surface area contributed by atoms with Gasteiger partial charge in [-0.15, -0.1) is 6.58 Å². The van der Waals surface area contributed by atoms with E-state index in [1.165, 1.54) is 5.56 Å². The molecule has 0 bridgehead atoms. The van der Waals surface area contributed by atoms with Gasteiger partial charge in [0.1, 0.15) is 0 Å². The number of hydrogen-bond acceptors (Lipinski definition) is 2. The van der Waals surface area contributed by atoms with Crippen molar-refractivity contribution in [3.63, 3.8) is 0 Å². The molecule has 2 unspecified atom stereocenters. The summed E-state index contributed by atoms with van der Waals surface area (Å²) in [5, 5.41) is 13.4. The molecule has 18 heavy (non-hydrogen) atoms. The summed E-state index contributed by atoms with van der Waals surface area (Å²) in [5.41, 5.74) is 2.38. The largest absolute Gasteiger partial charge is 0.387 e. The van der Waals surface area contributed by atoms with Gasteiger partial charge in [-0.3, -0.25) is 0 Å². The highest BCUT2D eigenvalue weighted by Gasteiger charge is 2.17. The highest BCUT2D eigenvalue weighted by Crippen LogP contribution is 2.24. The molecule has 2 nitrogen and oxygen atoms in total. The van der Waals surface area contributed by atoms with E-state index in [9.17, 15) is 5.11 Å². The van der Waals surface area contributed by atoms with Crippen LogP contribution in [0.4, 0.5) is 0 Å². The molecule has 2 heteroatoms. The van der Waals surface area contributed by atoms with Crippen molar-refractivity contribution in [3.8, 4) is 0 Å². The van der Waals surface area contributed by atoms with Crippen LogP contribution < -0.4 is 5.32 Å². The zero-order valence-electron chi connectivity index (χ0n) is 11.9. The van der Waals surface area contributed by atoms with E-state index in [2.05, 4.69) is 44.8 Å². The van der Waals surface area contributed by atoms with Crippen molar-refractivity contribution in [2.24, 2.45) is 0 Å². The Morgan fingerprint density at radius 1 is 1.28 bits per heavy atom. The molecule has 1 rings (SSSR count). The van der Waals surface area contributed by atoms with Crippen LogP contribution in [0.1, 0.15) is 44.9 Å². The van der Waals surface area contributed by atoms with E-state index < -0.39 is 6.10 Å². The summed E-state index contributed by atoms with van der Waals surface area (Å²) in [7, 11) is 0. The van der Waals surface area contributed by atoms with Crippen molar-refractivity contribution >= 4 is 0 Å². The Morgan fingerprint density at radius 3 is 2.28 bits per heavy atom. The van der Waals surface area contributed by atoms with Gasteiger partial charge in [-0.25, -0.2) is 0 Å². The molecule has 2 atom stereocenters. The molecule has 0 spiro atoms. The summed E-state index contributed by atoms with van der Waals surface area (Å²) in [4.78, 5) is 0. The second kappa shape index (κ2) is 6.17. The lowest BCUT2D eigenvalue weighted by molar-refractivity contribution is 0.138. The zero-order valence-corrected chi connectivity index (χ0v) is 11.9. The van der Waals surface area contributed by atoms with Crippen LogP contribution in [-0.4, -0.2) is 17.7 Å². The van der Waals surface area contributed by atoms with Gasteiger partial charge in [0.05, 0.1) is 6.10 Å². The maximum absolute atomic E-state index is 10.2. The third-order valence-electron chi connectivity index (χ3n) is 3.18.